The molecule has 2 aromatic carbocycles. The largest absolute Gasteiger partial charge is 0.330 e. The van der Waals surface area contributed by atoms with Gasteiger partial charge in [0.2, 0.25) is 0 Å². The van der Waals surface area contributed by atoms with Crippen molar-refractivity contribution in [3.05, 3.63) is 82.4 Å². The van der Waals surface area contributed by atoms with E-state index >= 15 is 0 Å². The van der Waals surface area contributed by atoms with E-state index in [1.54, 1.807) is 0 Å². The van der Waals surface area contributed by atoms with Gasteiger partial charge in [-0.1, -0.05) is 42.3 Å². The average molecular weight is 432 g/mol. The average Bonchev–Trinajstić information content (AvgIpc) is 3.02. The van der Waals surface area contributed by atoms with Crippen LogP contribution in [0, 0.1) is 18.3 Å². The predicted octanol–water partition coefficient (Wildman–Crippen LogP) is 6.80. The molecular formula is C26H26ClN3O. The van der Waals surface area contributed by atoms with E-state index in [4.69, 9.17) is 11.6 Å². The second-order valence-electron chi connectivity index (χ2n) is 8.44. The number of amides is 2. The molecule has 4 rings (SSSR count). The van der Waals surface area contributed by atoms with Gasteiger partial charge in [0.15, 0.2) is 0 Å². The maximum Gasteiger partial charge on any atom is 0.330 e. The number of aryl methyl sites for hydroxylation is 1. The number of urea groups is 1. The molecule has 1 aliphatic heterocycles. The summed E-state index contributed by atoms with van der Waals surface area (Å²) in [6, 6.07) is 17.5. The zero-order valence-corrected chi connectivity index (χ0v) is 18.9. The molecule has 1 aliphatic carbocycles. The summed E-state index contributed by atoms with van der Waals surface area (Å²) in [4.78, 5) is 17.7. The van der Waals surface area contributed by atoms with Crippen LogP contribution in [0.1, 0.15) is 38.7 Å². The molecule has 5 heteroatoms. The van der Waals surface area contributed by atoms with Crippen LogP contribution >= 0.6 is 11.6 Å². The summed E-state index contributed by atoms with van der Waals surface area (Å²) in [5.41, 5.74) is 4.11. The number of anilines is 2. The van der Waals surface area contributed by atoms with Gasteiger partial charge in [-0.2, -0.15) is 5.26 Å². The highest BCUT2D eigenvalue weighted by Gasteiger charge is 2.55. The molecule has 2 unspecified atom stereocenters. The standard InChI is InChI=1S/C26H26ClN3O/c1-4-26(3)24(20-7-5-6-19(16-20)17-28)29(22-14-10-21(27)11-15-22)25(31)30(26)23-12-8-18(2)9-13-23/h7-16,24H,4-6H2,1-3H3. The monoisotopic (exact) mass is 431 g/mol. The number of halogens is 1. The van der Waals surface area contributed by atoms with E-state index in [1.165, 1.54) is 0 Å². The lowest BCUT2D eigenvalue weighted by Crippen LogP contribution is -2.50. The van der Waals surface area contributed by atoms with Crippen LogP contribution < -0.4 is 9.80 Å². The van der Waals surface area contributed by atoms with E-state index in [0.29, 0.717) is 5.02 Å². The van der Waals surface area contributed by atoms with Gasteiger partial charge in [-0.15, -0.1) is 0 Å². The fourth-order valence-electron chi connectivity index (χ4n) is 4.66. The molecule has 0 saturated carbocycles. The summed E-state index contributed by atoms with van der Waals surface area (Å²) < 4.78 is 0. The third-order valence-electron chi connectivity index (χ3n) is 6.46. The fourth-order valence-corrected chi connectivity index (χ4v) is 4.79. The van der Waals surface area contributed by atoms with Crippen molar-refractivity contribution >= 4 is 29.0 Å². The first-order chi connectivity index (χ1) is 14.9. The van der Waals surface area contributed by atoms with Crippen molar-refractivity contribution in [2.45, 2.75) is 51.6 Å². The summed E-state index contributed by atoms with van der Waals surface area (Å²) in [7, 11) is 0. The fraction of sp³-hybridized carbons (Fsp3) is 0.308. The number of hydrogen-bond donors (Lipinski definition) is 0. The summed E-state index contributed by atoms with van der Waals surface area (Å²) in [6.07, 6.45) is 6.45. The number of nitriles is 1. The van der Waals surface area contributed by atoms with E-state index in [0.717, 1.165) is 47.3 Å². The third kappa shape index (κ3) is 3.64. The lowest BCUT2D eigenvalue weighted by molar-refractivity contribution is 0.254. The first-order valence-electron chi connectivity index (χ1n) is 10.7. The third-order valence-corrected chi connectivity index (χ3v) is 6.71. The Balaban J connectivity index is 1.91. The van der Waals surface area contributed by atoms with E-state index in [-0.39, 0.29) is 12.1 Å². The van der Waals surface area contributed by atoms with Crippen molar-refractivity contribution in [1.29, 1.82) is 5.26 Å². The first-order valence-corrected chi connectivity index (χ1v) is 11.0. The molecule has 4 nitrogen and oxygen atoms in total. The van der Waals surface area contributed by atoms with E-state index in [9.17, 15) is 10.1 Å². The molecule has 0 aromatic heterocycles. The first kappa shape index (κ1) is 21.2. The number of benzene rings is 2. The van der Waals surface area contributed by atoms with Crippen LogP contribution in [0.15, 0.2) is 71.8 Å². The quantitative estimate of drug-likeness (QED) is 0.534. The number of hydrogen-bond acceptors (Lipinski definition) is 2. The number of allylic oxidation sites excluding steroid dienone is 2. The molecule has 1 fully saturated rings. The molecule has 2 amide bonds. The van der Waals surface area contributed by atoms with Gasteiger partial charge in [0, 0.05) is 22.0 Å². The Morgan fingerprint density at radius 1 is 1.13 bits per heavy atom. The molecule has 0 radical (unpaired) electrons. The molecular weight excluding hydrogens is 406 g/mol. The summed E-state index contributed by atoms with van der Waals surface area (Å²) in [6.45, 7) is 6.30. The van der Waals surface area contributed by atoms with E-state index in [2.05, 4.69) is 26.0 Å². The smallest absolute Gasteiger partial charge is 0.286 e. The van der Waals surface area contributed by atoms with E-state index < -0.39 is 5.54 Å². The topological polar surface area (TPSA) is 47.3 Å². The second kappa shape index (κ2) is 8.24. The maximum absolute atomic E-state index is 14.0. The number of nitrogens with zero attached hydrogens (tertiary/aromatic N) is 3. The van der Waals surface area contributed by atoms with Gasteiger partial charge >= 0.3 is 6.03 Å². The maximum atomic E-state index is 14.0. The normalized spacial score (nSPS) is 23.5. The van der Waals surface area contributed by atoms with Crippen molar-refractivity contribution in [1.82, 2.24) is 0 Å². The Labute approximate surface area is 189 Å². The highest BCUT2D eigenvalue weighted by molar-refractivity contribution is 6.30. The zero-order valence-electron chi connectivity index (χ0n) is 18.1. The van der Waals surface area contributed by atoms with Crippen molar-refractivity contribution in [3.8, 4) is 6.07 Å². The van der Waals surface area contributed by atoms with Crippen LogP contribution in [0.5, 0.6) is 0 Å². The Hall–Kier alpha value is -3.03. The van der Waals surface area contributed by atoms with E-state index in [1.807, 2.05) is 71.3 Å². The predicted molar refractivity (Wildman–Crippen MR) is 126 cm³/mol. The highest BCUT2D eigenvalue weighted by atomic mass is 35.5. The molecule has 0 N–H and O–H groups in total. The molecule has 2 atom stereocenters. The molecule has 31 heavy (non-hydrogen) atoms. The minimum Gasteiger partial charge on any atom is -0.286 e. The molecule has 0 bridgehead atoms. The summed E-state index contributed by atoms with van der Waals surface area (Å²) in [5, 5.41) is 10.1. The zero-order chi connectivity index (χ0) is 22.2. The minimum atomic E-state index is -0.494. The molecule has 1 saturated heterocycles. The lowest BCUT2D eigenvalue weighted by Gasteiger charge is -2.39. The number of carbonyl (C=O) groups excluding carboxylic acids is 1. The lowest BCUT2D eigenvalue weighted by atomic mass is 9.81. The Morgan fingerprint density at radius 2 is 1.77 bits per heavy atom. The molecule has 2 aromatic rings. The highest BCUT2D eigenvalue weighted by Crippen LogP contribution is 2.45. The molecule has 2 aliphatic rings. The molecule has 0 spiro atoms. The van der Waals surface area contributed by atoms with Crippen LogP contribution in [0.4, 0.5) is 16.2 Å². The second-order valence-corrected chi connectivity index (χ2v) is 8.87. The van der Waals surface area contributed by atoms with Gasteiger partial charge in [0.05, 0.1) is 17.6 Å². The Morgan fingerprint density at radius 3 is 2.39 bits per heavy atom. The van der Waals surface area contributed by atoms with Crippen LogP contribution in [0.25, 0.3) is 0 Å². The Kier molecular flexibility index (Phi) is 5.64. The van der Waals surface area contributed by atoms with Crippen molar-refractivity contribution in [2.24, 2.45) is 0 Å². The van der Waals surface area contributed by atoms with Crippen molar-refractivity contribution in [3.63, 3.8) is 0 Å². The molecule has 158 valence electrons. The Bertz CT molecular complexity index is 1090. The van der Waals surface area contributed by atoms with Gasteiger partial charge in [0.1, 0.15) is 0 Å². The van der Waals surface area contributed by atoms with Crippen molar-refractivity contribution in [2.75, 3.05) is 9.80 Å². The van der Waals surface area contributed by atoms with Gasteiger partial charge in [-0.05, 0) is 81.2 Å². The summed E-state index contributed by atoms with van der Waals surface area (Å²) >= 11 is 6.13. The van der Waals surface area contributed by atoms with Crippen LogP contribution in [0.3, 0.4) is 0 Å². The SMILES string of the molecule is CCC1(C)C(C2=CCCC(C#N)=C2)N(c2ccc(Cl)cc2)C(=O)N1c1ccc(C)cc1. The number of carbonyl (C=O) groups is 1. The molecule has 1 heterocycles. The van der Waals surface area contributed by atoms with Crippen LogP contribution in [-0.4, -0.2) is 17.6 Å². The van der Waals surface area contributed by atoms with Crippen LogP contribution in [0.2, 0.25) is 5.02 Å². The van der Waals surface area contributed by atoms with Gasteiger partial charge in [0.25, 0.3) is 0 Å². The van der Waals surface area contributed by atoms with Crippen LogP contribution in [-0.2, 0) is 0 Å². The number of rotatable bonds is 4. The van der Waals surface area contributed by atoms with Gasteiger partial charge in [-0.25, -0.2) is 4.79 Å². The minimum absolute atomic E-state index is 0.0705. The summed E-state index contributed by atoms with van der Waals surface area (Å²) in [5.74, 6) is 0. The van der Waals surface area contributed by atoms with Crippen molar-refractivity contribution < 1.29 is 4.79 Å². The van der Waals surface area contributed by atoms with Gasteiger partial charge in [-0.3, -0.25) is 9.80 Å². The van der Waals surface area contributed by atoms with Gasteiger partial charge < -0.3 is 0 Å².